The lowest BCUT2D eigenvalue weighted by Crippen LogP contribution is -2.22. The number of ether oxygens (including phenoxy) is 2. The molecule has 2 aromatic rings. The second-order valence-corrected chi connectivity index (χ2v) is 4.91. The Morgan fingerprint density at radius 1 is 1.05 bits per heavy atom. The first-order chi connectivity index (χ1) is 10.6. The van der Waals surface area contributed by atoms with Crippen molar-refractivity contribution in [3.8, 4) is 11.5 Å². The Morgan fingerprint density at radius 3 is 2.36 bits per heavy atom. The number of benzene rings is 2. The zero-order valence-corrected chi connectivity index (χ0v) is 13.1. The molecule has 0 aliphatic carbocycles. The van der Waals surface area contributed by atoms with Crippen molar-refractivity contribution in [1.29, 1.82) is 0 Å². The van der Waals surface area contributed by atoms with Gasteiger partial charge in [0.2, 0.25) is 0 Å². The molecule has 0 radical (unpaired) electrons. The first-order valence-electron chi connectivity index (χ1n) is 6.96. The van der Waals surface area contributed by atoms with E-state index in [4.69, 9.17) is 15.2 Å². The lowest BCUT2D eigenvalue weighted by molar-refractivity contribution is 0.414. The highest BCUT2D eigenvalue weighted by atomic mass is 16.5. The van der Waals surface area contributed by atoms with Gasteiger partial charge in [0.25, 0.3) is 0 Å². The Balaban J connectivity index is 2.01. The second-order valence-electron chi connectivity index (χ2n) is 4.91. The molecule has 0 aromatic heterocycles. The van der Waals surface area contributed by atoms with E-state index in [0.29, 0.717) is 12.5 Å². The first kappa shape index (κ1) is 15.7. The Bertz CT molecular complexity index is 651. The lowest BCUT2D eigenvalue weighted by Gasteiger charge is -2.08. The molecule has 0 atom stereocenters. The molecule has 2 aromatic carbocycles. The van der Waals surface area contributed by atoms with Gasteiger partial charge in [0.1, 0.15) is 11.5 Å². The predicted molar refractivity (Wildman–Crippen MR) is 89.7 cm³/mol. The molecule has 0 heterocycles. The summed E-state index contributed by atoms with van der Waals surface area (Å²) in [4.78, 5) is 4.35. The summed E-state index contributed by atoms with van der Waals surface area (Å²) < 4.78 is 10.4. The van der Waals surface area contributed by atoms with Crippen LogP contribution in [0.2, 0.25) is 0 Å². The summed E-state index contributed by atoms with van der Waals surface area (Å²) >= 11 is 0. The quantitative estimate of drug-likeness (QED) is 0.658. The zero-order chi connectivity index (χ0) is 15.9. The summed E-state index contributed by atoms with van der Waals surface area (Å²) in [6, 6.07) is 13.5. The number of aryl methyl sites for hydroxylation is 1. The van der Waals surface area contributed by atoms with Crippen LogP contribution in [0, 0.1) is 6.92 Å². The molecule has 0 bridgehead atoms. The van der Waals surface area contributed by atoms with E-state index >= 15 is 0 Å². The third-order valence-electron chi connectivity index (χ3n) is 3.14. The molecule has 0 aliphatic heterocycles. The van der Waals surface area contributed by atoms with Crippen molar-refractivity contribution in [1.82, 2.24) is 0 Å². The van der Waals surface area contributed by atoms with Gasteiger partial charge >= 0.3 is 0 Å². The van der Waals surface area contributed by atoms with E-state index in [1.165, 1.54) is 0 Å². The van der Waals surface area contributed by atoms with Crippen LogP contribution in [-0.2, 0) is 6.54 Å². The highest BCUT2D eigenvalue weighted by Crippen LogP contribution is 2.17. The predicted octanol–water partition coefficient (Wildman–Crippen LogP) is 2.94. The van der Waals surface area contributed by atoms with Gasteiger partial charge in [-0.25, -0.2) is 4.99 Å². The average Bonchev–Trinajstić information content (AvgIpc) is 2.53. The van der Waals surface area contributed by atoms with Crippen LogP contribution in [0.4, 0.5) is 5.69 Å². The van der Waals surface area contributed by atoms with Gasteiger partial charge in [-0.2, -0.15) is 0 Å². The van der Waals surface area contributed by atoms with E-state index in [9.17, 15) is 0 Å². The summed E-state index contributed by atoms with van der Waals surface area (Å²) in [5, 5.41) is 3.05. The number of hydrogen-bond acceptors (Lipinski definition) is 3. The highest BCUT2D eigenvalue weighted by Gasteiger charge is 2.00. The maximum Gasteiger partial charge on any atom is 0.193 e. The van der Waals surface area contributed by atoms with Crippen molar-refractivity contribution >= 4 is 11.6 Å². The summed E-state index contributed by atoms with van der Waals surface area (Å²) in [5.41, 5.74) is 8.96. The minimum absolute atomic E-state index is 0.366. The van der Waals surface area contributed by atoms with E-state index in [2.05, 4.69) is 16.4 Å². The smallest absolute Gasteiger partial charge is 0.193 e. The molecule has 0 spiro atoms. The first-order valence-corrected chi connectivity index (χ1v) is 6.96. The van der Waals surface area contributed by atoms with Crippen LogP contribution in [0.25, 0.3) is 0 Å². The van der Waals surface area contributed by atoms with E-state index in [0.717, 1.165) is 28.3 Å². The van der Waals surface area contributed by atoms with Crippen LogP contribution >= 0.6 is 0 Å². The SMILES string of the molecule is COc1ccc(NC(N)=NCc2cc(C)cc(OC)c2)cc1. The molecule has 0 aliphatic rings. The Labute approximate surface area is 130 Å². The summed E-state index contributed by atoms with van der Waals surface area (Å²) in [7, 11) is 3.29. The number of guanidine groups is 1. The monoisotopic (exact) mass is 299 g/mol. The molecular weight excluding hydrogens is 278 g/mol. The van der Waals surface area contributed by atoms with Gasteiger partial charge in [-0.15, -0.1) is 0 Å². The van der Waals surface area contributed by atoms with Gasteiger partial charge in [-0.1, -0.05) is 6.07 Å². The minimum atomic E-state index is 0.366. The van der Waals surface area contributed by atoms with Crippen molar-refractivity contribution in [2.45, 2.75) is 13.5 Å². The number of rotatable bonds is 5. The number of nitrogens with two attached hydrogens (primary N) is 1. The average molecular weight is 299 g/mol. The largest absolute Gasteiger partial charge is 0.497 e. The minimum Gasteiger partial charge on any atom is -0.497 e. The zero-order valence-electron chi connectivity index (χ0n) is 13.1. The molecule has 22 heavy (non-hydrogen) atoms. The van der Waals surface area contributed by atoms with Gasteiger partial charge in [0.15, 0.2) is 5.96 Å². The van der Waals surface area contributed by atoms with Gasteiger partial charge in [-0.05, 0) is 54.4 Å². The third-order valence-corrected chi connectivity index (χ3v) is 3.14. The van der Waals surface area contributed by atoms with Crippen LogP contribution in [0.3, 0.4) is 0 Å². The van der Waals surface area contributed by atoms with E-state index in [1.807, 2.05) is 43.3 Å². The number of aliphatic imine (C=N–C) groups is 1. The van der Waals surface area contributed by atoms with Gasteiger partial charge in [0, 0.05) is 5.69 Å². The van der Waals surface area contributed by atoms with Crippen LogP contribution < -0.4 is 20.5 Å². The number of hydrogen-bond donors (Lipinski definition) is 2. The fourth-order valence-corrected chi connectivity index (χ4v) is 2.07. The van der Waals surface area contributed by atoms with Crippen LogP contribution in [-0.4, -0.2) is 20.2 Å². The Kier molecular flexibility index (Phi) is 5.25. The molecule has 2 rings (SSSR count). The molecule has 3 N–H and O–H groups in total. The van der Waals surface area contributed by atoms with Gasteiger partial charge in [0.05, 0.1) is 20.8 Å². The maximum absolute atomic E-state index is 5.91. The second kappa shape index (κ2) is 7.36. The van der Waals surface area contributed by atoms with Gasteiger partial charge in [-0.3, -0.25) is 0 Å². The fraction of sp³-hybridized carbons (Fsp3) is 0.235. The summed E-state index contributed by atoms with van der Waals surface area (Å²) in [5.74, 6) is 1.99. The topological polar surface area (TPSA) is 68.9 Å². The highest BCUT2D eigenvalue weighted by molar-refractivity contribution is 5.92. The normalized spacial score (nSPS) is 11.1. The summed E-state index contributed by atoms with van der Waals surface area (Å²) in [6.07, 6.45) is 0. The number of methoxy groups -OCH3 is 2. The lowest BCUT2D eigenvalue weighted by atomic mass is 10.1. The number of anilines is 1. The van der Waals surface area contributed by atoms with E-state index < -0.39 is 0 Å². The maximum atomic E-state index is 5.91. The molecule has 5 heteroatoms. The molecule has 0 saturated heterocycles. The number of nitrogens with zero attached hydrogens (tertiary/aromatic N) is 1. The van der Waals surface area contributed by atoms with E-state index in [-0.39, 0.29) is 0 Å². The molecule has 0 saturated carbocycles. The Morgan fingerprint density at radius 2 is 1.73 bits per heavy atom. The molecular formula is C17H21N3O2. The van der Waals surface area contributed by atoms with Crippen molar-refractivity contribution in [2.24, 2.45) is 10.7 Å². The fourth-order valence-electron chi connectivity index (χ4n) is 2.07. The van der Waals surface area contributed by atoms with Crippen LogP contribution in [0.1, 0.15) is 11.1 Å². The molecule has 0 fully saturated rings. The van der Waals surface area contributed by atoms with Crippen molar-refractivity contribution < 1.29 is 9.47 Å². The van der Waals surface area contributed by atoms with Crippen molar-refractivity contribution in [3.63, 3.8) is 0 Å². The van der Waals surface area contributed by atoms with Crippen LogP contribution in [0.5, 0.6) is 11.5 Å². The van der Waals surface area contributed by atoms with Crippen molar-refractivity contribution in [2.75, 3.05) is 19.5 Å². The Hall–Kier alpha value is -2.69. The molecule has 5 nitrogen and oxygen atoms in total. The third kappa shape index (κ3) is 4.41. The van der Waals surface area contributed by atoms with Gasteiger partial charge < -0.3 is 20.5 Å². The molecule has 0 amide bonds. The summed E-state index contributed by atoms with van der Waals surface area (Å²) in [6.45, 7) is 2.52. The molecule has 116 valence electrons. The van der Waals surface area contributed by atoms with E-state index in [1.54, 1.807) is 14.2 Å². The molecule has 0 unspecified atom stereocenters. The van der Waals surface area contributed by atoms with Crippen LogP contribution in [0.15, 0.2) is 47.5 Å². The standard InChI is InChI=1S/C17H21N3O2/c1-12-8-13(10-16(9-12)22-3)11-19-17(18)20-14-4-6-15(21-2)7-5-14/h4-10H,11H2,1-3H3,(H3,18,19,20). The van der Waals surface area contributed by atoms with Crippen molar-refractivity contribution in [3.05, 3.63) is 53.6 Å². The number of nitrogens with one attached hydrogen (secondary N) is 1.